The normalized spacial score (nSPS) is 24.6. The van der Waals surface area contributed by atoms with Crippen molar-refractivity contribution in [3.05, 3.63) is 23.7 Å². The minimum atomic E-state index is 0.389. The number of hydrogen-bond acceptors (Lipinski definition) is 2. The molecule has 1 unspecified atom stereocenters. The molecule has 2 heteroatoms. The molecule has 2 rings (SSSR count). The summed E-state index contributed by atoms with van der Waals surface area (Å²) >= 11 is 0. The second-order valence-electron chi connectivity index (χ2n) is 4.90. The quantitative estimate of drug-likeness (QED) is 0.781. The molecular weight excluding hydrogens is 174 g/mol. The molecule has 1 aliphatic rings. The van der Waals surface area contributed by atoms with E-state index < -0.39 is 0 Å². The van der Waals surface area contributed by atoms with Gasteiger partial charge in [-0.1, -0.05) is 13.8 Å². The highest BCUT2D eigenvalue weighted by molar-refractivity contribution is 5.28. The van der Waals surface area contributed by atoms with Gasteiger partial charge < -0.3 is 9.73 Å². The van der Waals surface area contributed by atoms with Crippen LogP contribution in [0, 0.1) is 5.41 Å². The van der Waals surface area contributed by atoms with Gasteiger partial charge in [-0.2, -0.15) is 0 Å². The summed E-state index contributed by atoms with van der Waals surface area (Å²) in [5, 5.41) is 3.28. The third-order valence-corrected chi connectivity index (χ3v) is 3.50. The van der Waals surface area contributed by atoms with Crippen molar-refractivity contribution in [2.75, 3.05) is 13.6 Å². The molecular formula is C12H19NO. The zero-order valence-corrected chi connectivity index (χ0v) is 9.26. The van der Waals surface area contributed by atoms with Gasteiger partial charge in [0, 0.05) is 18.9 Å². The molecule has 0 radical (unpaired) electrons. The van der Waals surface area contributed by atoms with Crippen molar-refractivity contribution in [3.8, 4) is 0 Å². The average Bonchev–Trinajstić information content (AvgIpc) is 2.58. The summed E-state index contributed by atoms with van der Waals surface area (Å²) in [6.07, 6.45) is 4.14. The molecule has 1 aliphatic carbocycles. The van der Waals surface area contributed by atoms with Crippen molar-refractivity contribution in [2.24, 2.45) is 5.41 Å². The van der Waals surface area contributed by atoms with Gasteiger partial charge in [-0.15, -0.1) is 0 Å². The molecule has 0 amide bonds. The predicted octanol–water partition coefficient (Wildman–Crippen LogP) is 2.56. The number of furan rings is 1. The summed E-state index contributed by atoms with van der Waals surface area (Å²) < 4.78 is 5.50. The first-order valence-electron chi connectivity index (χ1n) is 5.36. The Morgan fingerprint density at radius 1 is 1.57 bits per heavy atom. The van der Waals surface area contributed by atoms with Gasteiger partial charge in [-0.25, -0.2) is 0 Å². The van der Waals surface area contributed by atoms with E-state index in [4.69, 9.17) is 4.42 Å². The lowest BCUT2D eigenvalue weighted by Gasteiger charge is -2.38. The van der Waals surface area contributed by atoms with Crippen molar-refractivity contribution < 1.29 is 4.42 Å². The van der Waals surface area contributed by atoms with Gasteiger partial charge in [0.25, 0.3) is 0 Å². The molecule has 0 aliphatic heterocycles. The van der Waals surface area contributed by atoms with E-state index in [0.717, 1.165) is 13.0 Å². The SMILES string of the molecule is CNCC1c2ccoc2CCC1(C)C. The molecule has 0 aromatic carbocycles. The molecule has 0 saturated heterocycles. The van der Waals surface area contributed by atoms with Crippen LogP contribution in [-0.2, 0) is 6.42 Å². The second kappa shape index (κ2) is 3.43. The zero-order chi connectivity index (χ0) is 10.2. The van der Waals surface area contributed by atoms with Crippen molar-refractivity contribution in [1.29, 1.82) is 0 Å². The van der Waals surface area contributed by atoms with Crippen LogP contribution in [0.25, 0.3) is 0 Å². The first kappa shape index (κ1) is 9.78. The van der Waals surface area contributed by atoms with E-state index >= 15 is 0 Å². The molecule has 1 heterocycles. The van der Waals surface area contributed by atoms with Gasteiger partial charge in [0.2, 0.25) is 0 Å². The summed E-state index contributed by atoms with van der Waals surface area (Å²) in [5.74, 6) is 1.79. The smallest absolute Gasteiger partial charge is 0.107 e. The minimum absolute atomic E-state index is 0.389. The molecule has 0 saturated carbocycles. The fourth-order valence-electron chi connectivity index (χ4n) is 2.49. The molecule has 1 atom stereocenters. The van der Waals surface area contributed by atoms with Crippen molar-refractivity contribution in [2.45, 2.75) is 32.6 Å². The van der Waals surface area contributed by atoms with Crippen LogP contribution >= 0.6 is 0 Å². The van der Waals surface area contributed by atoms with Gasteiger partial charge in [-0.3, -0.25) is 0 Å². The Morgan fingerprint density at radius 3 is 3.07 bits per heavy atom. The largest absolute Gasteiger partial charge is 0.469 e. The van der Waals surface area contributed by atoms with Gasteiger partial charge in [0.05, 0.1) is 6.26 Å². The molecule has 2 nitrogen and oxygen atoms in total. The van der Waals surface area contributed by atoms with E-state index in [0.29, 0.717) is 11.3 Å². The lowest BCUT2D eigenvalue weighted by molar-refractivity contribution is 0.229. The fraction of sp³-hybridized carbons (Fsp3) is 0.667. The van der Waals surface area contributed by atoms with E-state index in [-0.39, 0.29) is 0 Å². The van der Waals surface area contributed by atoms with Gasteiger partial charge in [0.1, 0.15) is 5.76 Å². The number of hydrogen-bond donors (Lipinski definition) is 1. The Balaban J connectivity index is 2.33. The van der Waals surface area contributed by atoms with E-state index in [2.05, 4.69) is 25.2 Å². The highest BCUT2D eigenvalue weighted by Crippen LogP contribution is 2.44. The molecule has 0 bridgehead atoms. The Morgan fingerprint density at radius 2 is 2.36 bits per heavy atom. The van der Waals surface area contributed by atoms with Crippen LogP contribution in [0.4, 0.5) is 0 Å². The van der Waals surface area contributed by atoms with Crippen molar-refractivity contribution in [3.63, 3.8) is 0 Å². The number of fused-ring (bicyclic) bond motifs is 1. The summed E-state index contributed by atoms with van der Waals surface area (Å²) in [5.41, 5.74) is 1.80. The Labute approximate surface area is 85.7 Å². The highest BCUT2D eigenvalue weighted by atomic mass is 16.3. The molecule has 0 spiro atoms. The van der Waals surface area contributed by atoms with Gasteiger partial charge in [-0.05, 0) is 30.5 Å². The maximum atomic E-state index is 5.50. The van der Waals surface area contributed by atoms with Crippen LogP contribution in [0.3, 0.4) is 0 Å². The molecule has 78 valence electrons. The standard InChI is InChI=1S/C12H19NO/c1-12(2)6-4-11-9(5-7-14-11)10(12)8-13-3/h5,7,10,13H,4,6,8H2,1-3H3. The van der Waals surface area contributed by atoms with Crippen molar-refractivity contribution in [1.82, 2.24) is 5.32 Å². The van der Waals surface area contributed by atoms with Crippen LogP contribution in [0.1, 0.15) is 37.5 Å². The maximum Gasteiger partial charge on any atom is 0.107 e. The molecule has 0 fully saturated rings. The lowest BCUT2D eigenvalue weighted by Crippen LogP contribution is -2.33. The predicted molar refractivity (Wildman–Crippen MR) is 57.5 cm³/mol. The van der Waals surface area contributed by atoms with Gasteiger partial charge >= 0.3 is 0 Å². The van der Waals surface area contributed by atoms with Crippen LogP contribution in [0.15, 0.2) is 16.7 Å². The zero-order valence-electron chi connectivity index (χ0n) is 9.26. The Hall–Kier alpha value is -0.760. The molecule has 1 aromatic rings. The van der Waals surface area contributed by atoms with E-state index in [1.165, 1.54) is 17.7 Å². The molecule has 1 aromatic heterocycles. The molecule has 1 N–H and O–H groups in total. The topological polar surface area (TPSA) is 25.2 Å². The summed E-state index contributed by atoms with van der Waals surface area (Å²) in [7, 11) is 2.02. The third-order valence-electron chi connectivity index (χ3n) is 3.50. The monoisotopic (exact) mass is 193 g/mol. The Bertz CT molecular complexity index is 314. The van der Waals surface area contributed by atoms with E-state index in [9.17, 15) is 0 Å². The number of aryl methyl sites for hydroxylation is 1. The third kappa shape index (κ3) is 1.48. The fourth-order valence-corrected chi connectivity index (χ4v) is 2.49. The first-order valence-corrected chi connectivity index (χ1v) is 5.36. The molecule has 14 heavy (non-hydrogen) atoms. The average molecular weight is 193 g/mol. The highest BCUT2D eigenvalue weighted by Gasteiger charge is 2.36. The van der Waals surface area contributed by atoms with Gasteiger partial charge in [0.15, 0.2) is 0 Å². The van der Waals surface area contributed by atoms with Crippen LogP contribution in [-0.4, -0.2) is 13.6 Å². The number of rotatable bonds is 2. The van der Waals surface area contributed by atoms with Crippen molar-refractivity contribution >= 4 is 0 Å². The first-order chi connectivity index (χ1) is 6.65. The lowest BCUT2D eigenvalue weighted by atomic mass is 9.68. The summed E-state index contributed by atoms with van der Waals surface area (Å²) in [6.45, 7) is 5.75. The Kier molecular flexibility index (Phi) is 2.40. The van der Waals surface area contributed by atoms with Crippen LogP contribution < -0.4 is 5.32 Å². The minimum Gasteiger partial charge on any atom is -0.469 e. The van der Waals surface area contributed by atoms with Crippen LogP contribution in [0.5, 0.6) is 0 Å². The summed E-state index contributed by atoms with van der Waals surface area (Å²) in [4.78, 5) is 0. The van der Waals surface area contributed by atoms with Crippen LogP contribution in [0.2, 0.25) is 0 Å². The summed E-state index contributed by atoms with van der Waals surface area (Å²) in [6, 6.07) is 2.14. The number of nitrogens with one attached hydrogen (secondary N) is 1. The maximum absolute atomic E-state index is 5.50. The second-order valence-corrected chi connectivity index (χ2v) is 4.90. The van der Waals surface area contributed by atoms with E-state index in [1.54, 1.807) is 0 Å². The number of likely N-dealkylation sites (N-methyl/N-ethyl adjacent to an activating group) is 1. The van der Waals surface area contributed by atoms with E-state index in [1.807, 2.05) is 13.3 Å².